The molecule has 29 heavy (non-hydrogen) atoms. The van der Waals surface area contributed by atoms with Crippen molar-refractivity contribution in [2.24, 2.45) is 7.05 Å². The Hall–Kier alpha value is -3.87. The first-order valence-corrected chi connectivity index (χ1v) is 9.12. The van der Waals surface area contributed by atoms with Crippen molar-refractivity contribution >= 4 is 22.5 Å². The summed E-state index contributed by atoms with van der Waals surface area (Å²) in [6.45, 7) is 3.58. The van der Waals surface area contributed by atoms with Gasteiger partial charge in [0.15, 0.2) is 0 Å². The second-order valence-electron chi connectivity index (χ2n) is 6.84. The molecule has 4 aromatic rings. The maximum Gasteiger partial charge on any atom is 0.263 e. The zero-order chi connectivity index (χ0) is 20.5. The number of rotatable bonds is 4. The molecule has 3 heterocycles. The predicted octanol–water partition coefficient (Wildman–Crippen LogP) is 3.92. The van der Waals surface area contributed by atoms with Gasteiger partial charge in [0, 0.05) is 35.9 Å². The number of aromatic nitrogens is 3. The third kappa shape index (κ3) is 3.50. The van der Waals surface area contributed by atoms with E-state index in [2.05, 4.69) is 15.3 Å². The van der Waals surface area contributed by atoms with E-state index in [1.807, 2.05) is 43.5 Å². The van der Waals surface area contributed by atoms with Crippen LogP contribution in [0.2, 0.25) is 0 Å². The number of hydrogen-bond acceptors (Lipinski definition) is 4. The average Bonchev–Trinajstić information content (AvgIpc) is 3.18. The van der Waals surface area contributed by atoms with E-state index in [4.69, 9.17) is 4.74 Å². The summed E-state index contributed by atoms with van der Waals surface area (Å²) in [6.07, 6.45) is 3.35. The van der Waals surface area contributed by atoms with Gasteiger partial charge in [-0.25, -0.2) is 4.98 Å². The van der Waals surface area contributed by atoms with E-state index in [-0.39, 0.29) is 11.1 Å². The van der Waals surface area contributed by atoms with E-state index < -0.39 is 5.91 Å². The minimum atomic E-state index is -0.462. The van der Waals surface area contributed by atoms with E-state index in [1.165, 1.54) is 10.8 Å². The van der Waals surface area contributed by atoms with Crippen LogP contribution in [0.3, 0.4) is 0 Å². The topological polar surface area (TPSA) is 89.0 Å². The molecule has 0 bridgehead atoms. The number of aromatic amines is 1. The van der Waals surface area contributed by atoms with E-state index in [1.54, 1.807) is 26.1 Å². The number of hydrogen-bond donors (Lipinski definition) is 2. The number of aryl methyl sites for hydroxylation is 2. The highest BCUT2D eigenvalue weighted by atomic mass is 16.5. The lowest BCUT2D eigenvalue weighted by molar-refractivity contribution is 0.102. The Balaban J connectivity index is 1.53. The van der Waals surface area contributed by atoms with Crippen LogP contribution in [-0.4, -0.2) is 20.4 Å². The highest BCUT2D eigenvalue weighted by Crippen LogP contribution is 2.28. The molecule has 0 spiro atoms. The van der Waals surface area contributed by atoms with Crippen LogP contribution in [0.5, 0.6) is 11.6 Å². The van der Waals surface area contributed by atoms with Crippen molar-refractivity contribution in [3.8, 4) is 11.6 Å². The maximum absolute atomic E-state index is 12.6. The van der Waals surface area contributed by atoms with Gasteiger partial charge in [0.1, 0.15) is 11.3 Å². The first-order chi connectivity index (χ1) is 13.9. The van der Waals surface area contributed by atoms with Gasteiger partial charge in [-0.15, -0.1) is 0 Å². The van der Waals surface area contributed by atoms with Gasteiger partial charge < -0.3 is 19.6 Å². The van der Waals surface area contributed by atoms with E-state index in [9.17, 15) is 9.59 Å². The number of anilines is 1. The van der Waals surface area contributed by atoms with Gasteiger partial charge in [-0.2, -0.15) is 0 Å². The Morgan fingerprint density at radius 3 is 2.76 bits per heavy atom. The van der Waals surface area contributed by atoms with Crippen LogP contribution in [0.1, 0.15) is 21.6 Å². The highest BCUT2D eigenvalue weighted by Gasteiger charge is 2.16. The third-order valence-corrected chi connectivity index (χ3v) is 4.86. The molecule has 0 fully saturated rings. The molecule has 0 saturated carbocycles. The number of benzene rings is 1. The average molecular weight is 388 g/mol. The SMILES string of the molecule is Cc1cc(C)n(C)c(=O)c1C(=O)Nc1ccc(Oc2cccc3[nH]ccc23)nc1. The number of H-pyrrole nitrogens is 1. The lowest BCUT2D eigenvalue weighted by Gasteiger charge is -2.11. The number of carbonyl (C=O) groups excluding carboxylic acids is 1. The number of pyridine rings is 2. The van der Waals surface area contributed by atoms with Gasteiger partial charge in [-0.3, -0.25) is 9.59 Å². The van der Waals surface area contributed by atoms with E-state index in [0.29, 0.717) is 22.9 Å². The summed E-state index contributed by atoms with van der Waals surface area (Å²) in [5.41, 5.74) is 2.68. The molecule has 0 saturated heterocycles. The van der Waals surface area contributed by atoms with Crippen LogP contribution in [0.25, 0.3) is 10.9 Å². The molecule has 3 aromatic heterocycles. The largest absolute Gasteiger partial charge is 0.438 e. The first-order valence-electron chi connectivity index (χ1n) is 9.12. The summed E-state index contributed by atoms with van der Waals surface area (Å²) in [5.74, 6) is 0.626. The Morgan fingerprint density at radius 1 is 1.17 bits per heavy atom. The molecule has 0 atom stereocenters. The summed E-state index contributed by atoms with van der Waals surface area (Å²) < 4.78 is 7.32. The highest BCUT2D eigenvalue weighted by molar-refractivity contribution is 6.05. The van der Waals surface area contributed by atoms with Crippen LogP contribution < -0.4 is 15.6 Å². The quantitative estimate of drug-likeness (QED) is 0.554. The van der Waals surface area contributed by atoms with Crippen molar-refractivity contribution in [3.63, 3.8) is 0 Å². The second-order valence-corrected chi connectivity index (χ2v) is 6.84. The van der Waals surface area contributed by atoms with Crippen molar-refractivity contribution in [3.05, 3.63) is 82.0 Å². The van der Waals surface area contributed by atoms with Gasteiger partial charge in [0.25, 0.3) is 11.5 Å². The number of fused-ring (bicyclic) bond motifs is 1. The van der Waals surface area contributed by atoms with Crippen LogP contribution in [-0.2, 0) is 7.05 Å². The fourth-order valence-electron chi connectivity index (χ4n) is 3.22. The van der Waals surface area contributed by atoms with Crippen molar-refractivity contribution in [1.82, 2.24) is 14.5 Å². The Morgan fingerprint density at radius 2 is 2.00 bits per heavy atom. The summed E-state index contributed by atoms with van der Waals surface area (Å²) in [7, 11) is 1.65. The standard InChI is InChI=1S/C22H20N4O3/c1-13-11-14(2)26(3)22(28)20(13)21(27)25-15-7-8-19(24-12-15)29-18-6-4-5-17-16(18)9-10-23-17/h4-12,23H,1-3H3,(H,25,27). The minimum Gasteiger partial charge on any atom is -0.438 e. The van der Waals surface area contributed by atoms with Gasteiger partial charge in [0.05, 0.1) is 11.9 Å². The molecule has 2 N–H and O–H groups in total. The summed E-state index contributed by atoms with van der Waals surface area (Å²) in [5, 5.41) is 3.68. The number of nitrogens with zero attached hydrogens (tertiary/aromatic N) is 2. The molecular weight excluding hydrogens is 368 g/mol. The van der Waals surface area contributed by atoms with Gasteiger partial charge in [-0.1, -0.05) is 6.07 Å². The summed E-state index contributed by atoms with van der Waals surface area (Å²) in [6, 6.07) is 12.8. The zero-order valence-electron chi connectivity index (χ0n) is 16.3. The number of amides is 1. The molecule has 1 amide bonds. The maximum atomic E-state index is 12.6. The molecule has 0 unspecified atom stereocenters. The Labute approximate surface area is 167 Å². The molecule has 0 aliphatic carbocycles. The fourth-order valence-corrected chi connectivity index (χ4v) is 3.22. The van der Waals surface area contributed by atoms with Crippen molar-refractivity contribution in [2.45, 2.75) is 13.8 Å². The molecule has 0 aliphatic rings. The normalized spacial score (nSPS) is 10.9. The smallest absolute Gasteiger partial charge is 0.263 e. The number of nitrogens with one attached hydrogen (secondary N) is 2. The molecule has 7 nitrogen and oxygen atoms in total. The monoisotopic (exact) mass is 388 g/mol. The first kappa shape index (κ1) is 18.5. The molecule has 0 aliphatic heterocycles. The lowest BCUT2D eigenvalue weighted by Crippen LogP contribution is -2.30. The van der Waals surface area contributed by atoms with E-state index >= 15 is 0 Å². The lowest BCUT2D eigenvalue weighted by atomic mass is 10.1. The predicted molar refractivity (Wildman–Crippen MR) is 112 cm³/mol. The second kappa shape index (κ2) is 7.27. The number of ether oxygens (including phenoxy) is 1. The molecule has 0 radical (unpaired) electrons. The van der Waals surface area contributed by atoms with Crippen molar-refractivity contribution < 1.29 is 9.53 Å². The van der Waals surface area contributed by atoms with Gasteiger partial charge in [-0.05, 0) is 49.7 Å². The van der Waals surface area contributed by atoms with Gasteiger partial charge >= 0.3 is 0 Å². The fraction of sp³-hybridized carbons (Fsp3) is 0.136. The minimum absolute atomic E-state index is 0.123. The van der Waals surface area contributed by atoms with Crippen LogP contribution in [0.4, 0.5) is 5.69 Å². The summed E-state index contributed by atoms with van der Waals surface area (Å²) >= 11 is 0. The third-order valence-electron chi connectivity index (χ3n) is 4.86. The molecule has 4 rings (SSSR count). The number of carbonyl (C=O) groups is 1. The van der Waals surface area contributed by atoms with Crippen LogP contribution >= 0.6 is 0 Å². The Kier molecular flexibility index (Phi) is 4.64. The van der Waals surface area contributed by atoms with Crippen LogP contribution in [0, 0.1) is 13.8 Å². The summed E-state index contributed by atoms with van der Waals surface area (Å²) in [4.78, 5) is 32.5. The molecule has 1 aromatic carbocycles. The van der Waals surface area contributed by atoms with Crippen molar-refractivity contribution in [1.29, 1.82) is 0 Å². The molecule has 146 valence electrons. The van der Waals surface area contributed by atoms with E-state index in [0.717, 1.165) is 16.6 Å². The molecule has 7 heteroatoms. The van der Waals surface area contributed by atoms with Gasteiger partial charge in [0.2, 0.25) is 5.88 Å². The van der Waals surface area contributed by atoms with Crippen molar-refractivity contribution in [2.75, 3.05) is 5.32 Å². The van der Waals surface area contributed by atoms with Crippen LogP contribution in [0.15, 0.2) is 59.7 Å². The Bertz CT molecular complexity index is 1270. The molecular formula is C22H20N4O3. The zero-order valence-corrected chi connectivity index (χ0v) is 16.3.